The Balaban J connectivity index is 1.83. The highest BCUT2D eigenvalue weighted by Gasteiger charge is 2.17. The van der Waals surface area contributed by atoms with Crippen molar-refractivity contribution in [3.05, 3.63) is 68.1 Å². The standard InChI is InChI=1S/C17H14BrN3O3S/c1-10(24-12-8-6-11(18)7-9-12)15(22)20-21-16(23)13-4-2-3-5-14(13)19-17(21)25/h2-10H,1H3,(H,19,25)(H,20,22)/t10-/m0/s1. The van der Waals surface area contributed by atoms with Crippen LogP contribution in [-0.2, 0) is 4.79 Å². The van der Waals surface area contributed by atoms with Crippen LogP contribution in [0.2, 0.25) is 0 Å². The molecule has 0 aliphatic rings. The molecule has 0 saturated heterocycles. The van der Waals surface area contributed by atoms with Crippen molar-refractivity contribution in [3.63, 3.8) is 0 Å². The van der Waals surface area contributed by atoms with Crippen LogP contribution in [0.15, 0.2) is 57.8 Å². The number of para-hydroxylation sites is 1. The van der Waals surface area contributed by atoms with Crippen molar-refractivity contribution in [2.45, 2.75) is 13.0 Å². The lowest BCUT2D eigenvalue weighted by molar-refractivity contribution is -0.123. The smallest absolute Gasteiger partial charge is 0.281 e. The fraction of sp³-hybridized carbons (Fsp3) is 0.118. The molecule has 3 aromatic rings. The molecule has 0 bridgehead atoms. The number of carbonyl (C=O) groups is 1. The largest absolute Gasteiger partial charge is 0.481 e. The maximum absolute atomic E-state index is 12.5. The zero-order valence-corrected chi connectivity index (χ0v) is 15.6. The molecule has 128 valence electrons. The van der Waals surface area contributed by atoms with Crippen molar-refractivity contribution < 1.29 is 9.53 Å². The fourth-order valence-corrected chi connectivity index (χ4v) is 2.74. The van der Waals surface area contributed by atoms with Crippen LogP contribution < -0.4 is 15.7 Å². The topological polar surface area (TPSA) is 76.1 Å². The quantitative estimate of drug-likeness (QED) is 0.635. The molecule has 0 fully saturated rings. The van der Waals surface area contributed by atoms with E-state index in [9.17, 15) is 9.59 Å². The van der Waals surface area contributed by atoms with E-state index in [1.54, 1.807) is 43.3 Å². The number of nitrogens with zero attached hydrogens (tertiary/aromatic N) is 1. The summed E-state index contributed by atoms with van der Waals surface area (Å²) in [5.74, 6) is 0.0571. The van der Waals surface area contributed by atoms with E-state index in [4.69, 9.17) is 17.0 Å². The fourth-order valence-electron chi connectivity index (χ4n) is 2.24. The van der Waals surface area contributed by atoms with Crippen LogP contribution in [0.5, 0.6) is 5.75 Å². The predicted molar refractivity (Wildman–Crippen MR) is 102 cm³/mol. The highest BCUT2D eigenvalue weighted by Crippen LogP contribution is 2.17. The van der Waals surface area contributed by atoms with Gasteiger partial charge in [-0.1, -0.05) is 28.1 Å². The Hall–Kier alpha value is -2.45. The van der Waals surface area contributed by atoms with Gasteiger partial charge in [0, 0.05) is 4.47 Å². The number of amides is 1. The molecule has 1 atom stereocenters. The summed E-state index contributed by atoms with van der Waals surface area (Å²) in [6.45, 7) is 1.59. The number of fused-ring (bicyclic) bond motifs is 1. The first kappa shape index (κ1) is 17.4. The van der Waals surface area contributed by atoms with Crippen LogP contribution in [-0.4, -0.2) is 21.7 Å². The zero-order valence-electron chi connectivity index (χ0n) is 13.2. The summed E-state index contributed by atoms with van der Waals surface area (Å²) >= 11 is 8.50. The summed E-state index contributed by atoms with van der Waals surface area (Å²) in [5, 5.41) is 0.429. The molecule has 0 radical (unpaired) electrons. The number of hydrogen-bond donors (Lipinski definition) is 2. The van der Waals surface area contributed by atoms with E-state index in [1.165, 1.54) is 0 Å². The van der Waals surface area contributed by atoms with E-state index < -0.39 is 17.6 Å². The van der Waals surface area contributed by atoms with Gasteiger partial charge in [-0.25, -0.2) is 0 Å². The average molecular weight is 420 g/mol. The second kappa shape index (κ2) is 7.20. The number of halogens is 1. The molecule has 0 aliphatic carbocycles. The molecule has 8 heteroatoms. The number of aromatic nitrogens is 2. The van der Waals surface area contributed by atoms with E-state index in [0.29, 0.717) is 16.7 Å². The molecule has 0 unspecified atom stereocenters. The van der Waals surface area contributed by atoms with Gasteiger partial charge in [-0.05, 0) is 55.5 Å². The van der Waals surface area contributed by atoms with Crippen molar-refractivity contribution in [1.82, 2.24) is 9.66 Å². The SMILES string of the molecule is C[C@H](Oc1ccc(Br)cc1)C(=O)Nn1c(=S)[nH]c2ccccc2c1=O. The summed E-state index contributed by atoms with van der Waals surface area (Å²) < 4.78 is 7.61. The number of hydrogen-bond acceptors (Lipinski definition) is 4. The number of ether oxygens (including phenoxy) is 1. The van der Waals surface area contributed by atoms with Crippen molar-refractivity contribution in [2.75, 3.05) is 5.43 Å². The first-order valence-electron chi connectivity index (χ1n) is 7.43. The van der Waals surface area contributed by atoms with Crippen molar-refractivity contribution in [2.24, 2.45) is 0 Å². The van der Waals surface area contributed by atoms with E-state index in [-0.39, 0.29) is 4.77 Å². The monoisotopic (exact) mass is 419 g/mol. The zero-order chi connectivity index (χ0) is 18.0. The van der Waals surface area contributed by atoms with Crippen LogP contribution in [0.4, 0.5) is 0 Å². The third-order valence-corrected chi connectivity index (χ3v) is 4.34. The summed E-state index contributed by atoms with van der Waals surface area (Å²) in [6.07, 6.45) is -0.811. The molecular weight excluding hydrogens is 406 g/mol. The number of nitrogens with one attached hydrogen (secondary N) is 2. The first-order valence-corrected chi connectivity index (χ1v) is 8.63. The number of H-pyrrole nitrogens is 1. The van der Waals surface area contributed by atoms with Crippen LogP contribution in [0, 0.1) is 4.77 Å². The molecule has 2 N–H and O–H groups in total. The highest BCUT2D eigenvalue weighted by atomic mass is 79.9. The number of carbonyl (C=O) groups excluding carboxylic acids is 1. The Morgan fingerprint density at radius 2 is 1.92 bits per heavy atom. The van der Waals surface area contributed by atoms with Gasteiger partial charge in [0.1, 0.15) is 5.75 Å². The Labute approximate surface area is 156 Å². The van der Waals surface area contributed by atoms with Crippen molar-refractivity contribution in [1.29, 1.82) is 0 Å². The lowest BCUT2D eigenvalue weighted by Crippen LogP contribution is -2.40. The van der Waals surface area contributed by atoms with Gasteiger partial charge >= 0.3 is 0 Å². The highest BCUT2D eigenvalue weighted by molar-refractivity contribution is 9.10. The van der Waals surface area contributed by atoms with Gasteiger partial charge < -0.3 is 9.72 Å². The summed E-state index contributed by atoms with van der Waals surface area (Å²) in [7, 11) is 0. The maximum Gasteiger partial charge on any atom is 0.281 e. The van der Waals surface area contributed by atoms with Gasteiger partial charge in [0.25, 0.3) is 11.5 Å². The molecule has 1 amide bonds. The van der Waals surface area contributed by atoms with E-state index in [0.717, 1.165) is 9.15 Å². The normalized spacial score (nSPS) is 11.9. The maximum atomic E-state index is 12.5. The minimum atomic E-state index is -0.811. The van der Waals surface area contributed by atoms with Gasteiger partial charge in [0.2, 0.25) is 0 Å². The molecule has 6 nitrogen and oxygen atoms in total. The lowest BCUT2D eigenvalue weighted by Gasteiger charge is -2.16. The Morgan fingerprint density at radius 3 is 2.64 bits per heavy atom. The van der Waals surface area contributed by atoms with Crippen LogP contribution >= 0.6 is 28.1 Å². The van der Waals surface area contributed by atoms with Gasteiger partial charge in [0.05, 0.1) is 10.9 Å². The molecule has 0 aliphatic heterocycles. The van der Waals surface area contributed by atoms with E-state index in [2.05, 4.69) is 26.3 Å². The van der Waals surface area contributed by atoms with Gasteiger partial charge in [-0.2, -0.15) is 4.68 Å². The molecule has 25 heavy (non-hydrogen) atoms. The molecule has 0 spiro atoms. The van der Waals surface area contributed by atoms with E-state index in [1.807, 2.05) is 12.1 Å². The molecule has 1 heterocycles. The summed E-state index contributed by atoms with van der Waals surface area (Å²) in [4.78, 5) is 27.8. The van der Waals surface area contributed by atoms with Gasteiger partial charge in [-0.3, -0.25) is 15.0 Å². The first-order chi connectivity index (χ1) is 12.0. The molecule has 2 aromatic carbocycles. The average Bonchev–Trinajstić information content (AvgIpc) is 2.60. The minimum Gasteiger partial charge on any atom is -0.481 e. The van der Waals surface area contributed by atoms with Crippen LogP contribution in [0.1, 0.15) is 6.92 Å². The van der Waals surface area contributed by atoms with Crippen LogP contribution in [0.3, 0.4) is 0 Å². The third kappa shape index (κ3) is 3.80. The third-order valence-electron chi connectivity index (χ3n) is 3.52. The van der Waals surface area contributed by atoms with Crippen molar-refractivity contribution in [3.8, 4) is 5.75 Å². The molecule has 3 rings (SSSR count). The summed E-state index contributed by atoms with van der Waals surface area (Å²) in [5.41, 5.74) is 2.71. The second-order valence-corrected chi connectivity index (χ2v) is 6.61. The van der Waals surface area contributed by atoms with Gasteiger partial charge in [-0.15, -0.1) is 0 Å². The van der Waals surface area contributed by atoms with Crippen LogP contribution in [0.25, 0.3) is 10.9 Å². The van der Waals surface area contributed by atoms with E-state index >= 15 is 0 Å². The molecule has 0 saturated carbocycles. The second-order valence-electron chi connectivity index (χ2n) is 5.31. The Bertz CT molecular complexity index is 1040. The van der Waals surface area contributed by atoms with Gasteiger partial charge in [0.15, 0.2) is 10.9 Å². The minimum absolute atomic E-state index is 0.105. The molecule has 1 aromatic heterocycles. The predicted octanol–water partition coefficient (Wildman–Crippen LogP) is 3.36. The van der Waals surface area contributed by atoms with Crippen molar-refractivity contribution >= 4 is 45.0 Å². The molecular formula is C17H14BrN3O3S. The lowest BCUT2D eigenvalue weighted by atomic mass is 10.2. The number of benzene rings is 2. The number of rotatable bonds is 4. The Morgan fingerprint density at radius 1 is 1.24 bits per heavy atom. The Kier molecular flexibility index (Phi) is 5.00. The number of aromatic amines is 1. The summed E-state index contributed by atoms with van der Waals surface area (Å²) in [6, 6.07) is 14.0.